The van der Waals surface area contributed by atoms with Gasteiger partial charge in [-0.1, -0.05) is 85.1 Å². The Balaban J connectivity index is 1.24. The number of unbranched alkanes of at least 4 members (excludes halogenated alkanes) is 4. The maximum absolute atomic E-state index is 13.9. The standard InChI is InChI=1S/C39H64O6/c1-26(2)12-11-13-27(3)31-17-18-32-37-33(21-23-39(31,32)5)38(4)22-20-30(24-28(38)25-34(37)41)45-36(44)15-10-8-6-7-9-14-29(40)16-19-35(42)43/h24,26-27,29-33,37,40H,6-23,25H2,1-5H3,(H,42,43). The second-order valence-corrected chi connectivity index (χ2v) is 16.5. The number of rotatable bonds is 17. The number of hydrogen-bond donors (Lipinski definition) is 2. The Morgan fingerprint density at radius 2 is 1.60 bits per heavy atom. The van der Waals surface area contributed by atoms with Gasteiger partial charge in [0.2, 0.25) is 0 Å². The Labute approximate surface area is 273 Å². The van der Waals surface area contributed by atoms with E-state index in [9.17, 15) is 19.5 Å². The molecule has 0 aliphatic heterocycles. The van der Waals surface area contributed by atoms with Gasteiger partial charge in [0, 0.05) is 25.2 Å². The summed E-state index contributed by atoms with van der Waals surface area (Å²) in [6, 6.07) is 0. The number of ketones is 1. The van der Waals surface area contributed by atoms with Crippen LogP contribution in [0.4, 0.5) is 0 Å². The van der Waals surface area contributed by atoms with Crippen molar-refractivity contribution in [2.75, 3.05) is 0 Å². The second-order valence-electron chi connectivity index (χ2n) is 16.5. The Bertz CT molecular complexity index is 1050. The summed E-state index contributed by atoms with van der Waals surface area (Å²) in [4.78, 5) is 37.2. The monoisotopic (exact) mass is 628 g/mol. The molecular formula is C39H64O6. The van der Waals surface area contributed by atoms with E-state index in [-0.39, 0.29) is 29.8 Å². The predicted octanol–water partition coefficient (Wildman–Crippen LogP) is 9.08. The first kappa shape index (κ1) is 36.2. The summed E-state index contributed by atoms with van der Waals surface area (Å²) in [6.45, 7) is 12.1. The third-order valence-electron chi connectivity index (χ3n) is 13.0. The number of aliphatic hydroxyl groups excluding tert-OH is 1. The van der Waals surface area contributed by atoms with E-state index in [0.717, 1.165) is 69.1 Å². The van der Waals surface area contributed by atoms with Gasteiger partial charge in [-0.25, -0.2) is 0 Å². The largest absolute Gasteiger partial charge is 0.481 e. The number of carbonyl (C=O) groups excluding carboxylic acids is 2. The van der Waals surface area contributed by atoms with Crippen molar-refractivity contribution >= 4 is 17.7 Å². The summed E-state index contributed by atoms with van der Waals surface area (Å²) in [5.74, 6) is 2.84. The minimum atomic E-state index is -0.869. The quantitative estimate of drug-likeness (QED) is 0.0947. The van der Waals surface area contributed by atoms with Gasteiger partial charge in [0.15, 0.2) is 0 Å². The van der Waals surface area contributed by atoms with E-state index >= 15 is 0 Å². The van der Waals surface area contributed by atoms with Crippen LogP contribution in [0.2, 0.25) is 0 Å². The van der Waals surface area contributed by atoms with E-state index in [1.807, 2.05) is 0 Å². The smallest absolute Gasteiger partial charge is 0.306 e. The zero-order chi connectivity index (χ0) is 32.8. The lowest BCUT2D eigenvalue weighted by atomic mass is 9.46. The Hall–Kier alpha value is -1.69. The summed E-state index contributed by atoms with van der Waals surface area (Å²) in [7, 11) is 0. The maximum atomic E-state index is 13.9. The van der Waals surface area contributed by atoms with Crippen LogP contribution in [0.3, 0.4) is 0 Å². The lowest BCUT2D eigenvalue weighted by molar-refractivity contribution is -0.149. The highest BCUT2D eigenvalue weighted by atomic mass is 16.5. The normalized spacial score (nSPS) is 34.0. The van der Waals surface area contributed by atoms with Crippen LogP contribution in [0.1, 0.15) is 157 Å². The zero-order valence-corrected chi connectivity index (χ0v) is 29.2. The van der Waals surface area contributed by atoms with Crippen LogP contribution in [0.15, 0.2) is 11.6 Å². The third-order valence-corrected chi connectivity index (χ3v) is 13.0. The average molecular weight is 629 g/mol. The van der Waals surface area contributed by atoms with Crippen molar-refractivity contribution in [3.05, 3.63) is 11.6 Å². The topological polar surface area (TPSA) is 101 Å². The molecule has 0 heterocycles. The van der Waals surface area contributed by atoms with E-state index in [1.165, 1.54) is 44.1 Å². The van der Waals surface area contributed by atoms with E-state index in [4.69, 9.17) is 9.84 Å². The number of hydrogen-bond acceptors (Lipinski definition) is 5. The van der Waals surface area contributed by atoms with Crippen molar-refractivity contribution in [3.63, 3.8) is 0 Å². The number of fused-ring (bicyclic) bond motifs is 5. The van der Waals surface area contributed by atoms with Crippen LogP contribution in [0.5, 0.6) is 0 Å². The van der Waals surface area contributed by atoms with Crippen LogP contribution in [-0.4, -0.2) is 40.1 Å². The lowest BCUT2D eigenvalue weighted by Gasteiger charge is -2.58. The molecule has 0 aromatic heterocycles. The molecule has 2 N–H and O–H groups in total. The molecule has 0 saturated heterocycles. The van der Waals surface area contributed by atoms with Crippen molar-refractivity contribution in [2.45, 2.75) is 169 Å². The third kappa shape index (κ3) is 8.82. The van der Waals surface area contributed by atoms with E-state index in [2.05, 4.69) is 40.7 Å². The van der Waals surface area contributed by atoms with E-state index in [1.54, 1.807) is 0 Å². The van der Waals surface area contributed by atoms with Gasteiger partial charge in [-0.05, 0) is 104 Å². The van der Waals surface area contributed by atoms with Crippen molar-refractivity contribution in [2.24, 2.45) is 46.3 Å². The fourth-order valence-electron chi connectivity index (χ4n) is 10.4. The molecule has 3 fully saturated rings. The van der Waals surface area contributed by atoms with Crippen LogP contribution in [0, 0.1) is 46.3 Å². The number of allylic oxidation sites excluding steroid dienone is 1. The lowest BCUT2D eigenvalue weighted by Crippen LogP contribution is -2.54. The molecule has 0 spiro atoms. The van der Waals surface area contributed by atoms with Gasteiger partial charge in [-0.15, -0.1) is 0 Å². The fraction of sp³-hybridized carbons (Fsp3) is 0.872. The SMILES string of the molecule is CC(C)CCCC(C)C1CCC2C3C(=O)CC4=CC(OC(=O)CCCCCCCC(O)CCC(=O)O)CCC4(C)C3CCC12C. The molecule has 0 bridgehead atoms. The zero-order valence-electron chi connectivity index (χ0n) is 29.2. The number of esters is 1. The van der Waals surface area contributed by atoms with Crippen LogP contribution in [-0.2, 0) is 19.1 Å². The molecule has 0 amide bonds. The molecule has 4 aliphatic carbocycles. The van der Waals surface area contributed by atoms with Gasteiger partial charge in [-0.3, -0.25) is 14.4 Å². The molecule has 45 heavy (non-hydrogen) atoms. The first-order chi connectivity index (χ1) is 21.3. The summed E-state index contributed by atoms with van der Waals surface area (Å²) < 4.78 is 5.93. The molecule has 3 saturated carbocycles. The minimum Gasteiger partial charge on any atom is -0.481 e. The number of carbonyl (C=O) groups is 3. The molecule has 9 atom stereocenters. The highest BCUT2D eigenvalue weighted by molar-refractivity contribution is 5.86. The Morgan fingerprint density at radius 1 is 0.867 bits per heavy atom. The number of ether oxygens (including phenoxy) is 1. The highest BCUT2D eigenvalue weighted by Crippen LogP contribution is 2.67. The van der Waals surface area contributed by atoms with Crippen LogP contribution < -0.4 is 0 Å². The van der Waals surface area contributed by atoms with Gasteiger partial charge < -0.3 is 14.9 Å². The first-order valence-corrected chi connectivity index (χ1v) is 18.7. The summed E-state index contributed by atoms with van der Waals surface area (Å²) in [5.41, 5.74) is 1.58. The van der Waals surface area contributed by atoms with Gasteiger partial charge in [0.25, 0.3) is 0 Å². The Kier molecular flexibility index (Phi) is 12.8. The summed E-state index contributed by atoms with van der Waals surface area (Å²) in [6.07, 6.45) is 18.6. The number of carboxylic acid groups (broad SMARTS) is 1. The number of carboxylic acids is 1. The van der Waals surface area contributed by atoms with Crippen LogP contribution in [0.25, 0.3) is 0 Å². The van der Waals surface area contributed by atoms with Gasteiger partial charge >= 0.3 is 11.9 Å². The van der Waals surface area contributed by atoms with Crippen molar-refractivity contribution < 1.29 is 29.3 Å². The second kappa shape index (κ2) is 15.9. The molecule has 9 unspecified atom stereocenters. The molecule has 4 rings (SSSR count). The molecule has 256 valence electrons. The molecule has 6 nitrogen and oxygen atoms in total. The van der Waals surface area contributed by atoms with Crippen molar-refractivity contribution in [1.82, 2.24) is 0 Å². The number of aliphatic carboxylic acids is 1. The molecule has 4 aliphatic rings. The van der Waals surface area contributed by atoms with Crippen molar-refractivity contribution in [1.29, 1.82) is 0 Å². The predicted molar refractivity (Wildman–Crippen MR) is 179 cm³/mol. The van der Waals surface area contributed by atoms with E-state index in [0.29, 0.717) is 48.7 Å². The fourth-order valence-corrected chi connectivity index (χ4v) is 10.4. The van der Waals surface area contributed by atoms with Crippen LogP contribution >= 0.6 is 0 Å². The molecular weight excluding hydrogens is 564 g/mol. The van der Waals surface area contributed by atoms with Crippen molar-refractivity contribution in [3.8, 4) is 0 Å². The molecule has 0 radical (unpaired) electrons. The first-order valence-electron chi connectivity index (χ1n) is 18.7. The van der Waals surface area contributed by atoms with Gasteiger partial charge in [0.1, 0.15) is 11.9 Å². The van der Waals surface area contributed by atoms with Gasteiger partial charge in [-0.2, -0.15) is 0 Å². The average Bonchev–Trinajstić information content (AvgIpc) is 3.33. The highest BCUT2D eigenvalue weighted by Gasteiger charge is 2.61. The molecule has 0 aromatic rings. The minimum absolute atomic E-state index is 0.0101. The number of Topliss-reactive ketones (excluding diaryl/α,β-unsaturated/α-hetero) is 1. The summed E-state index contributed by atoms with van der Waals surface area (Å²) in [5, 5.41) is 18.6. The molecule has 6 heteroatoms. The maximum Gasteiger partial charge on any atom is 0.306 e. The molecule has 0 aromatic carbocycles. The Morgan fingerprint density at radius 3 is 2.33 bits per heavy atom. The summed E-state index contributed by atoms with van der Waals surface area (Å²) >= 11 is 0. The number of aliphatic hydroxyl groups is 1. The van der Waals surface area contributed by atoms with Gasteiger partial charge in [0.05, 0.1) is 6.10 Å². The van der Waals surface area contributed by atoms with E-state index < -0.39 is 12.1 Å².